The molecule has 0 spiro atoms. The molecule has 2 heterocycles. The Kier molecular flexibility index (Phi) is 4.20. The van der Waals surface area contributed by atoms with Crippen LogP contribution in [0.15, 0.2) is 76.6 Å². The first kappa shape index (κ1) is 18.8. The van der Waals surface area contributed by atoms with Crippen LogP contribution >= 0.6 is 0 Å². The molecule has 2 aromatic heterocycles. The number of rotatable bonds is 3. The van der Waals surface area contributed by atoms with E-state index in [0.29, 0.717) is 16.8 Å². The van der Waals surface area contributed by atoms with Gasteiger partial charge in [-0.15, -0.1) is 0 Å². The van der Waals surface area contributed by atoms with Gasteiger partial charge in [-0.25, -0.2) is 12.4 Å². The molecule has 5 rings (SSSR count). The van der Waals surface area contributed by atoms with Crippen molar-refractivity contribution in [1.82, 2.24) is 8.54 Å². The Labute approximate surface area is 174 Å². The summed E-state index contributed by atoms with van der Waals surface area (Å²) in [5, 5.41) is 0.892. The zero-order valence-electron chi connectivity index (χ0n) is 16.4. The molecule has 2 aromatic carbocycles. The minimum atomic E-state index is -3.86. The second-order valence-electron chi connectivity index (χ2n) is 7.69. The fraction of sp³-hybridized carbons (Fsp3) is 0.174. The Bertz CT molecular complexity index is 1450. The van der Waals surface area contributed by atoms with Crippen molar-refractivity contribution < 1.29 is 8.42 Å². The van der Waals surface area contributed by atoms with Crippen LogP contribution in [0.3, 0.4) is 0 Å². The lowest BCUT2D eigenvalue weighted by Crippen LogP contribution is -2.17. The van der Waals surface area contributed by atoms with Crippen LogP contribution in [0.5, 0.6) is 0 Å². The van der Waals surface area contributed by atoms with Crippen LogP contribution in [0, 0.1) is 0 Å². The molecule has 1 atom stereocenters. The number of aryl methyl sites for hydroxylation is 2. The number of fused-ring (bicyclic) bond motifs is 3. The summed E-state index contributed by atoms with van der Waals surface area (Å²) in [7, 11) is -2.20. The first-order chi connectivity index (χ1) is 14.4. The van der Waals surface area contributed by atoms with Gasteiger partial charge in [-0.3, -0.25) is 4.79 Å². The van der Waals surface area contributed by atoms with Crippen LogP contribution in [-0.2, 0) is 23.5 Å². The highest BCUT2D eigenvalue weighted by molar-refractivity contribution is 7.90. The first-order valence-corrected chi connectivity index (χ1v) is 11.2. The molecule has 0 radical (unpaired) electrons. The van der Waals surface area contributed by atoms with Crippen molar-refractivity contribution in [3.63, 3.8) is 0 Å². The van der Waals surface area contributed by atoms with Crippen molar-refractivity contribution in [2.24, 2.45) is 12.8 Å². The van der Waals surface area contributed by atoms with Gasteiger partial charge in [-0.05, 0) is 54.3 Å². The number of pyridine rings is 1. The van der Waals surface area contributed by atoms with Gasteiger partial charge in [0.25, 0.3) is 10.0 Å². The molecule has 4 aromatic rings. The number of benzene rings is 2. The lowest BCUT2D eigenvalue weighted by atomic mass is 10.0. The summed E-state index contributed by atoms with van der Waals surface area (Å²) in [6, 6.07) is 17.2. The quantitative estimate of drug-likeness (QED) is 0.552. The summed E-state index contributed by atoms with van der Waals surface area (Å²) in [6.07, 6.45) is 3.33. The van der Waals surface area contributed by atoms with Gasteiger partial charge >= 0.3 is 0 Å². The third-order valence-corrected chi connectivity index (χ3v) is 7.60. The Morgan fingerprint density at radius 2 is 1.80 bits per heavy atom. The van der Waals surface area contributed by atoms with Gasteiger partial charge in [-0.2, -0.15) is 0 Å². The van der Waals surface area contributed by atoms with Crippen molar-refractivity contribution in [2.45, 2.75) is 23.8 Å². The summed E-state index contributed by atoms with van der Waals surface area (Å²) >= 11 is 0. The van der Waals surface area contributed by atoms with Crippen LogP contribution in [0.4, 0.5) is 0 Å². The fourth-order valence-corrected chi connectivity index (χ4v) is 5.86. The number of hydrogen-bond donors (Lipinski definition) is 1. The monoisotopic (exact) mass is 419 g/mol. The van der Waals surface area contributed by atoms with Gasteiger partial charge in [0.15, 0.2) is 0 Å². The van der Waals surface area contributed by atoms with Gasteiger partial charge in [-0.1, -0.05) is 24.3 Å². The van der Waals surface area contributed by atoms with E-state index in [-0.39, 0.29) is 16.5 Å². The third kappa shape index (κ3) is 2.74. The summed E-state index contributed by atoms with van der Waals surface area (Å²) in [6.45, 7) is 0. The average molecular weight is 420 g/mol. The molecule has 2 N–H and O–H groups in total. The molecular formula is C23H21N3O3S. The van der Waals surface area contributed by atoms with Crippen LogP contribution in [-0.4, -0.2) is 17.0 Å². The molecular weight excluding hydrogens is 398 g/mol. The highest BCUT2D eigenvalue weighted by Crippen LogP contribution is 2.39. The zero-order chi connectivity index (χ0) is 21.0. The lowest BCUT2D eigenvalue weighted by molar-refractivity contribution is 0.589. The fourth-order valence-electron chi connectivity index (χ4n) is 4.32. The normalized spacial score (nSPS) is 16.1. The van der Waals surface area contributed by atoms with E-state index in [1.165, 1.54) is 14.6 Å². The zero-order valence-corrected chi connectivity index (χ0v) is 17.3. The SMILES string of the molecule is Cn1cc(-c2cc3c4c(ccc3n2S(=O)(=O)c2ccccc2)[C@H](N)CC4)ccc1=O. The van der Waals surface area contributed by atoms with Gasteiger partial charge in [0.05, 0.1) is 16.1 Å². The molecule has 1 aliphatic carbocycles. The smallest absolute Gasteiger partial charge is 0.268 e. The van der Waals surface area contributed by atoms with Gasteiger partial charge in [0.1, 0.15) is 0 Å². The van der Waals surface area contributed by atoms with E-state index in [2.05, 4.69) is 0 Å². The molecule has 0 unspecified atom stereocenters. The molecule has 30 heavy (non-hydrogen) atoms. The van der Waals surface area contributed by atoms with E-state index in [1.54, 1.807) is 49.6 Å². The molecule has 0 bridgehead atoms. The molecule has 1 aliphatic rings. The Morgan fingerprint density at radius 3 is 2.53 bits per heavy atom. The molecule has 0 amide bonds. The van der Waals surface area contributed by atoms with Crippen molar-refractivity contribution in [3.05, 3.63) is 88.3 Å². The van der Waals surface area contributed by atoms with Gasteiger partial charge in [0.2, 0.25) is 5.56 Å². The molecule has 0 saturated carbocycles. The van der Waals surface area contributed by atoms with E-state index in [1.807, 2.05) is 18.2 Å². The maximum atomic E-state index is 13.7. The van der Waals surface area contributed by atoms with Crippen molar-refractivity contribution in [3.8, 4) is 11.3 Å². The maximum Gasteiger partial charge on any atom is 0.268 e. The van der Waals surface area contributed by atoms with E-state index in [9.17, 15) is 13.2 Å². The molecule has 0 fully saturated rings. The number of hydrogen-bond acceptors (Lipinski definition) is 4. The molecule has 0 saturated heterocycles. The van der Waals surface area contributed by atoms with E-state index >= 15 is 0 Å². The van der Waals surface area contributed by atoms with Crippen molar-refractivity contribution >= 4 is 20.9 Å². The highest BCUT2D eigenvalue weighted by atomic mass is 32.2. The van der Waals surface area contributed by atoms with E-state index in [0.717, 1.165) is 29.4 Å². The second-order valence-corrected chi connectivity index (χ2v) is 9.48. The molecule has 7 heteroatoms. The number of nitrogens with two attached hydrogens (primary N) is 1. The van der Waals surface area contributed by atoms with E-state index in [4.69, 9.17) is 5.73 Å². The van der Waals surface area contributed by atoms with Crippen LogP contribution in [0.1, 0.15) is 23.6 Å². The van der Waals surface area contributed by atoms with E-state index < -0.39 is 10.0 Å². The standard InChI is InChI=1S/C23H21N3O3S/c1-25-14-15(7-12-23(25)27)22-13-19-17-8-10-20(24)18(17)9-11-21(19)26(22)30(28,29)16-5-3-2-4-6-16/h2-7,9,11-14,20H,8,10,24H2,1H3/t20-/m1/s1. The first-order valence-electron chi connectivity index (χ1n) is 9.78. The Morgan fingerprint density at radius 1 is 1.03 bits per heavy atom. The lowest BCUT2D eigenvalue weighted by Gasteiger charge is -2.13. The summed E-state index contributed by atoms with van der Waals surface area (Å²) in [4.78, 5) is 12.1. The van der Waals surface area contributed by atoms with Crippen LogP contribution in [0.25, 0.3) is 22.2 Å². The topological polar surface area (TPSA) is 87.1 Å². The minimum absolute atomic E-state index is 0.0283. The van der Waals surface area contributed by atoms with Crippen LogP contribution in [0.2, 0.25) is 0 Å². The van der Waals surface area contributed by atoms with Crippen LogP contribution < -0.4 is 11.3 Å². The number of aromatic nitrogens is 2. The Balaban J connectivity index is 1.88. The maximum absolute atomic E-state index is 13.7. The molecule has 0 aliphatic heterocycles. The third-order valence-electron chi connectivity index (χ3n) is 5.86. The summed E-state index contributed by atoms with van der Waals surface area (Å²) in [5.41, 5.74) is 10.1. The largest absolute Gasteiger partial charge is 0.324 e. The summed E-state index contributed by atoms with van der Waals surface area (Å²) in [5.74, 6) is 0. The Hall–Kier alpha value is -3.16. The van der Waals surface area contributed by atoms with Gasteiger partial charge < -0.3 is 10.3 Å². The number of nitrogens with zero attached hydrogens (tertiary/aromatic N) is 2. The predicted octanol–water partition coefficient (Wildman–Crippen LogP) is 3.19. The minimum Gasteiger partial charge on any atom is -0.324 e. The molecule has 6 nitrogen and oxygen atoms in total. The molecule has 152 valence electrons. The van der Waals surface area contributed by atoms with Crippen molar-refractivity contribution in [1.29, 1.82) is 0 Å². The predicted molar refractivity (Wildman–Crippen MR) is 117 cm³/mol. The summed E-state index contributed by atoms with van der Waals surface area (Å²) < 4.78 is 30.2. The second kappa shape index (κ2) is 6.68. The van der Waals surface area contributed by atoms with Crippen molar-refractivity contribution in [2.75, 3.05) is 0 Å². The van der Waals surface area contributed by atoms with Gasteiger partial charge in [0, 0.05) is 36.3 Å². The average Bonchev–Trinajstić information content (AvgIpc) is 3.32. The highest BCUT2D eigenvalue weighted by Gasteiger charge is 2.28.